The molecule has 27 heavy (non-hydrogen) atoms. The second kappa shape index (κ2) is 9.77. The summed E-state index contributed by atoms with van der Waals surface area (Å²) in [6.45, 7) is 4.59. The molecule has 2 atom stereocenters. The van der Waals surface area contributed by atoms with E-state index >= 15 is 0 Å². The first-order valence-corrected chi connectivity index (χ1v) is 9.01. The average Bonchev–Trinajstić information content (AvgIpc) is 3.00. The summed E-state index contributed by atoms with van der Waals surface area (Å²) in [5.41, 5.74) is 0. The number of likely N-dealkylation sites (tertiary alicyclic amines) is 1. The van der Waals surface area contributed by atoms with Crippen molar-refractivity contribution < 1.29 is 22.3 Å². The van der Waals surface area contributed by atoms with Crippen LogP contribution in [0.2, 0.25) is 0 Å². The lowest BCUT2D eigenvalue weighted by atomic mass is 10.3. The van der Waals surface area contributed by atoms with Gasteiger partial charge in [-0.1, -0.05) is 0 Å². The van der Waals surface area contributed by atoms with Gasteiger partial charge in [-0.2, -0.15) is 13.2 Å². The Morgan fingerprint density at radius 2 is 2.04 bits per heavy atom. The van der Waals surface area contributed by atoms with Gasteiger partial charge in [0.1, 0.15) is 17.7 Å². The lowest BCUT2D eigenvalue weighted by Crippen LogP contribution is -2.45. The van der Waals surface area contributed by atoms with Crippen molar-refractivity contribution in [2.45, 2.75) is 38.6 Å². The number of guanidine groups is 1. The summed E-state index contributed by atoms with van der Waals surface area (Å²) in [6, 6.07) is 5.66. The molecule has 152 valence electrons. The van der Waals surface area contributed by atoms with E-state index in [1.54, 1.807) is 12.1 Å². The van der Waals surface area contributed by atoms with Gasteiger partial charge in [-0.3, -0.25) is 4.90 Å². The summed E-state index contributed by atoms with van der Waals surface area (Å²) >= 11 is 0. The number of nitrogens with one attached hydrogen (secondary N) is 2. The molecule has 2 unspecified atom stereocenters. The molecule has 0 radical (unpaired) electrons. The topological polar surface area (TPSA) is 48.9 Å². The number of nitrogens with zero attached hydrogens (tertiary/aromatic N) is 2. The van der Waals surface area contributed by atoms with E-state index in [4.69, 9.17) is 4.74 Å². The van der Waals surface area contributed by atoms with Gasteiger partial charge in [-0.15, -0.1) is 0 Å². The van der Waals surface area contributed by atoms with Crippen molar-refractivity contribution in [2.24, 2.45) is 4.99 Å². The zero-order valence-electron chi connectivity index (χ0n) is 15.5. The van der Waals surface area contributed by atoms with Gasteiger partial charge in [-0.25, -0.2) is 9.38 Å². The van der Waals surface area contributed by atoms with Crippen LogP contribution in [0.25, 0.3) is 0 Å². The highest BCUT2D eigenvalue weighted by molar-refractivity contribution is 5.80. The van der Waals surface area contributed by atoms with Gasteiger partial charge in [0, 0.05) is 25.7 Å². The average molecular weight is 390 g/mol. The van der Waals surface area contributed by atoms with Crippen LogP contribution in [0.4, 0.5) is 17.6 Å². The van der Waals surface area contributed by atoms with Gasteiger partial charge in [0.2, 0.25) is 0 Å². The first kappa shape index (κ1) is 21.3. The number of alkyl halides is 3. The molecule has 2 N–H and O–H groups in total. The smallest absolute Gasteiger partial charge is 0.401 e. The zero-order valence-corrected chi connectivity index (χ0v) is 15.5. The summed E-state index contributed by atoms with van der Waals surface area (Å²) in [6.07, 6.45) is -3.79. The third-order valence-electron chi connectivity index (χ3n) is 4.02. The van der Waals surface area contributed by atoms with E-state index in [2.05, 4.69) is 15.6 Å². The molecule has 0 spiro atoms. The monoisotopic (exact) mass is 390 g/mol. The van der Waals surface area contributed by atoms with Gasteiger partial charge < -0.3 is 15.4 Å². The van der Waals surface area contributed by atoms with Crippen LogP contribution in [0.15, 0.2) is 29.3 Å². The Hall–Kier alpha value is -2.03. The van der Waals surface area contributed by atoms with Gasteiger partial charge in [-0.05, 0) is 44.5 Å². The first-order valence-electron chi connectivity index (χ1n) is 9.01. The molecular weight excluding hydrogens is 364 g/mol. The Labute approximate surface area is 156 Å². The van der Waals surface area contributed by atoms with Crippen LogP contribution in [0, 0.1) is 5.82 Å². The minimum Gasteiger partial charge on any atom is -0.489 e. The summed E-state index contributed by atoms with van der Waals surface area (Å²) in [5, 5.41) is 6.28. The maximum Gasteiger partial charge on any atom is 0.401 e. The SMILES string of the molecule is CCNC(=NCC(C)Oc1ccc(F)cc1)NC1CCN(CC(F)(F)F)C1. The number of hydrogen-bond acceptors (Lipinski definition) is 3. The number of aliphatic imine (C=N–C) groups is 1. The Balaban J connectivity index is 1.83. The number of ether oxygens (including phenoxy) is 1. The summed E-state index contributed by atoms with van der Waals surface area (Å²) in [5.74, 6) is 0.768. The highest BCUT2D eigenvalue weighted by Crippen LogP contribution is 2.20. The lowest BCUT2D eigenvalue weighted by Gasteiger charge is -2.20. The Bertz CT molecular complexity index is 606. The molecule has 5 nitrogen and oxygen atoms in total. The van der Waals surface area contributed by atoms with E-state index in [1.165, 1.54) is 17.0 Å². The highest BCUT2D eigenvalue weighted by Gasteiger charge is 2.34. The molecular formula is C18H26F4N4O. The second-order valence-electron chi connectivity index (χ2n) is 6.58. The van der Waals surface area contributed by atoms with Gasteiger partial charge in [0.25, 0.3) is 0 Å². The van der Waals surface area contributed by atoms with Crippen LogP contribution < -0.4 is 15.4 Å². The molecule has 0 saturated carbocycles. The molecule has 1 aliphatic heterocycles. The maximum atomic E-state index is 12.9. The van der Waals surface area contributed by atoms with E-state index in [9.17, 15) is 17.6 Å². The molecule has 9 heteroatoms. The van der Waals surface area contributed by atoms with Crippen molar-refractivity contribution in [1.82, 2.24) is 15.5 Å². The fourth-order valence-corrected chi connectivity index (χ4v) is 2.86. The predicted octanol–water partition coefficient (Wildman–Crippen LogP) is 2.78. The van der Waals surface area contributed by atoms with Gasteiger partial charge in [0.15, 0.2) is 5.96 Å². The molecule has 1 aromatic carbocycles. The molecule has 2 rings (SSSR count). The van der Waals surface area contributed by atoms with Crippen molar-refractivity contribution in [1.29, 1.82) is 0 Å². The molecule has 0 aromatic heterocycles. The van der Waals surface area contributed by atoms with Crippen LogP contribution in [-0.4, -0.2) is 61.9 Å². The molecule has 0 bridgehead atoms. The number of benzene rings is 1. The maximum absolute atomic E-state index is 12.9. The summed E-state index contributed by atoms with van der Waals surface area (Å²) in [4.78, 5) is 5.84. The molecule has 1 heterocycles. The number of halogens is 4. The van der Waals surface area contributed by atoms with E-state index in [1.807, 2.05) is 13.8 Å². The fourth-order valence-electron chi connectivity index (χ4n) is 2.86. The predicted molar refractivity (Wildman–Crippen MR) is 96.5 cm³/mol. The largest absolute Gasteiger partial charge is 0.489 e. The van der Waals surface area contributed by atoms with Crippen molar-refractivity contribution in [3.8, 4) is 5.75 Å². The molecule has 0 aliphatic carbocycles. The third kappa shape index (κ3) is 8.03. The molecule has 1 aromatic rings. The number of rotatable bonds is 7. The van der Waals surface area contributed by atoms with Crippen LogP contribution in [0.3, 0.4) is 0 Å². The minimum atomic E-state index is -4.18. The standard InChI is InChI=1S/C18H26F4N4O/c1-3-23-17(25-15-8-9-26(11-15)12-18(20,21)22)24-10-13(2)27-16-6-4-14(19)5-7-16/h4-7,13,15H,3,8-12H2,1-2H3,(H2,23,24,25). The normalized spacial score (nSPS) is 19.8. The van der Waals surface area contributed by atoms with Crippen molar-refractivity contribution in [3.05, 3.63) is 30.1 Å². The molecule has 1 aliphatic rings. The number of hydrogen-bond donors (Lipinski definition) is 2. The summed E-state index contributed by atoms with van der Waals surface area (Å²) in [7, 11) is 0. The van der Waals surface area contributed by atoms with Gasteiger partial charge >= 0.3 is 6.18 Å². The van der Waals surface area contributed by atoms with E-state index < -0.39 is 12.7 Å². The Morgan fingerprint density at radius 1 is 1.33 bits per heavy atom. The fraction of sp³-hybridized carbons (Fsp3) is 0.611. The molecule has 1 fully saturated rings. The molecule has 1 saturated heterocycles. The Morgan fingerprint density at radius 3 is 2.67 bits per heavy atom. The highest BCUT2D eigenvalue weighted by atomic mass is 19.4. The van der Waals surface area contributed by atoms with Crippen LogP contribution in [-0.2, 0) is 0 Å². The quantitative estimate of drug-likeness (QED) is 0.427. The second-order valence-corrected chi connectivity index (χ2v) is 6.58. The third-order valence-corrected chi connectivity index (χ3v) is 4.02. The summed E-state index contributed by atoms with van der Waals surface area (Å²) < 4.78 is 56.1. The van der Waals surface area contributed by atoms with E-state index in [-0.39, 0.29) is 18.0 Å². The Kier molecular flexibility index (Phi) is 7.70. The van der Waals surface area contributed by atoms with Crippen molar-refractivity contribution in [2.75, 3.05) is 32.7 Å². The van der Waals surface area contributed by atoms with Gasteiger partial charge in [0.05, 0.1) is 13.1 Å². The van der Waals surface area contributed by atoms with Crippen LogP contribution in [0.1, 0.15) is 20.3 Å². The zero-order chi connectivity index (χ0) is 19.9. The van der Waals surface area contributed by atoms with E-state index in [0.29, 0.717) is 44.3 Å². The lowest BCUT2D eigenvalue weighted by molar-refractivity contribution is -0.143. The van der Waals surface area contributed by atoms with Crippen molar-refractivity contribution in [3.63, 3.8) is 0 Å². The minimum absolute atomic E-state index is 0.0847. The van der Waals surface area contributed by atoms with Crippen molar-refractivity contribution >= 4 is 5.96 Å². The van der Waals surface area contributed by atoms with E-state index in [0.717, 1.165) is 0 Å². The van der Waals surface area contributed by atoms with Crippen LogP contribution >= 0.6 is 0 Å². The first-order chi connectivity index (χ1) is 12.7. The van der Waals surface area contributed by atoms with Crippen LogP contribution in [0.5, 0.6) is 5.75 Å². The molecule has 0 amide bonds.